The number of aromatic nitrogens is 1. The molecule has 3 nitrogen and oxygen atoms in total. The predicted octanol–water partition coefficient (Wildman–Crippen LogP) is 4.19. The molecular formula is C20H22N2O. The Morgan fingerprint density at radius 3 is 2.13 bits per heavy atom. The van der Waals surface area contributed by atoms with Crippen LogP contribution in [0.2, 0.25) is 0 Å². The lowest BCUT2D eigenvalue weighted by molar-refractivity contribution is -0.176. The molecule has 0 fully saturated rings. The second-order valence-electron chi connectivity index (χ2n) is 5.55. The summed E-state index contributed by atoms with van der Waals surface area (Å²) in [6, 6.07) is 24.9. The van der Waals surface area contributed by atoms with Crippen molar-refractivity contribution in [2.24, 2.45) is 0 Å². The van der Waals surface area contributed by atoms with Gasteiger partial charge in [0.1, 0.15) is 0 Å². The van der Waals surface area contributed by atoms with E-state index in [1.54, 1.807) is 0 Å². The molecule has 2 aromatic carbocycles. The Labute approximate surface area is 137 Å². The van der Waals surface area contributed by atoms with Crippen molar-refractivity contribution in [3.05, 3.63) is 95.8 Å². The number of hydrogen-bond donors (Lipinski definition) is 1. The van der Waals surface area contributed by atoms with Crippen molar-refractivity contribution in [2.75, 3.05) is 6.54 Å². The van der Waals surface area contributed by atoms with E-state index < -0.39 is 0 Å². The Bertz CT molecular complexity index is 622. The standard InChI is InChI=1S/C20H22N2O/c1-3-8-18(9-4-1)13-15-22(16-20-12-7-14-21-20)23-17-19-10-5-2-6-11-19/h1-12,14,21H,13,15-17H2. The molecule has 0 saturated carbocycles. The Morgan fingerprint density at radius 2 is 1.48 bits per heavy atom. The maximum atomic E-state index is 6.04. The fraction of sp³-hybridized carbons (Fsp3) is 0.200. The summed E-state index contributed by atoms with van der Waals surface area (Å²) < 4.78 is 0. The van der Waals surface area contributed by atoms with Crippen molar-refractivity contribution in [1.29, 1.82) is 0 Å². The highest BCUT2D eigenvalue weighted by atomic mass is 16.7. The molecule has 3 aromatic rings. The number of benzene rings is 2. The van der Waals surface area contributed by atoms with Gasteiger partial charge in [0.25, 0.3) is 0 Å². The number of H-pyrrole nitrogens is 1. The van der Waals surface area contributed by atoms with Gasteiger partial charge in [0.05, 0.1) is 13.2 Å². The second-order valence-corrected chi connectivity index (χ2v) is 5.55. The summed E-state index contributed by atoms with van der Waals surface area (Å²) in [5.74, 6) is 0. The van der Waals surface area contributed by atoms with Gasteiger partial charge in [-0.25, -0.2) is 0 Å². The third kappa shape index (κ3) is 5.09. The van der Waals surface area contributed by atoms with E-state index in [9.17, 15) is 0 Å². The SMILES string of the molecule is c1ccc(CCN(Cc2ccc[nH]2)OCc2ccccc2)cc1. The van der Waals surface area contributed by atoms with Crippen LogP contribution in [0.1, 0.15) is 16.8 Å². The van der Waals surface area contributed by atoms with E-state index in [0.717, 1.165) is 25.2 Å². The maximum Gasteiger partial charge on any atom is 0.0936 e. The van der Waals surface area contributed by atoms with Gasteiger partial charge in [-0.3, -0.25) is 4.84 Å². The van der Waals surface area contributed by atoms with Crippen molar-refractivity contribution >= 4 is 0 Å². The van der Waals surface area contributed by atoms with Crippen LogP contribution in [0.5, 0.6) is 0 Å². The van der Waals surface area contributed by atoms with Gasteiger partial charge in [0.15, 0.2) is 0 Å². The van der Waals surface area contributed by atoms with Gasteiger partial charge in [0.2, 0.25) is 0 Å². The molecule has 0 unspecified atom stereocenters. The van der Waals surface area contributed by atoms with E-state index >= 15 is 0 Å². The number of hydroxylamine groups is 2. The lowest BCUT2D eigenvalue weighted by Gasteiger charge is -2.21. The average Bonchev–Trinajstić information content (AvgIpc) is 3.12. The highest BCUT2D eigenvalue weighted by Gasteiger charge is 2.08. The van der Waals surface area contributed by atoms with Gasteiger partial charge in [-0.05, 0) is 29.7 Å². The summed E-state index contributed by atoms with van der Waals surface area (Å²) in [6.07, 6.45) is 2.91. The largest absolute Gasteiger partial charge is 0.364 e. The molecule has 0 aliphatic rings. The Morgan fingerprint density at radius 1 is 0.783 bits per heavy atom. The fourth-order valence-electron chi connectivity index (χ4n) is 2.48. The summed E-state index contributed by atoms with van der Waals surface area (Å²) in [5.41, 5.74) is 3.67. The van der Waals surface area contributed by atoms with E-state index in [0.29, 0.717) is 6.61 Å². The summed E-state index contributed by atoms with van der Waals surface area (Å²) >= 11 is 0. The summed E-state index contributed by atoms with van der Waals surface area (Å²) in [4.78, 5) is 9.28. The molecule has 3 heteroatoms. The molecule has 0 spiro atoms. The lowest BCUT2D eigenvalue weighted by Crippen LogP contribution is -2.26. The third-order valence-corrected chi connectivity index (χ3v) is 3.76. The topological polar surface area (TPSA) is 28.3 Å². The lowest BCUT2D eigenvalue weighted by atomic mass is 10.1. The first-order valence-corrected chi connectivity index (χ1v) is 7.98. The molecule has 1 aromatic heterocycles. The summed E-state index contributed by atoms with van der Waals surface area (Å²) in [5, 5.41) is 2.03. The van der Waals surface area contributed by atoms with Crippen molar-refractivity contribution in [1.82, 2.24) is 10.0 Å². The zero-order chi connectivity index (χ0) is 15.7. The van der Waals surface area contributed by atoms with Crippen molar-refractivity contribution in [3.63, 3.8) is 0 Å². The summed E-state index contributed by atoms with van der Waals surface area (Å²) in [7, 11) is 0. The normalized spacial score (nSPS) is 11.0. The first-order valence-electron chi connectivity index (χ1n) is 7.98. The van der Waals surface area contributed by atoms with Crippen LogP contribution in [0.25, 0.3) is 0 Å². The Hall–Kier alpha value is -2.36. The quantitative estimate of drug-likeness (QED) is 0.632. The van der Waals surface area contributed by atoms with E-state index in [4.69, 9.17) is 4.84 Å². The smallest absolute Gasteiger partial charge is 0.0936 e. The summed E-state index contributed by atoms with van der Waals surface area (Å²) in [6.45, 7) is 2.21. The number of rotatable bonds is 8. The zero-order valence-electron chi connectivity index (χ0n) is 13.2. The molecule has 0 bridgehead atoms. The molecule has 1 N–H and O–H groups in total. The van der Waals surface area contributed by atoms with Crippen LogP contribution >= 0.6 is 0 Å². The third-order valence-electron chi connectivity index (χ3n) is 3.76. The van der Waals surface area contributed by atoms with Crippen LogP contribution in [0.4, 0.5) is 0 Å². The minimum absolute atomic E-state index is 0.594. The fourth-order valence-corrected chi connectivity index (χ4v) is 2.48. The Kier molecular flexibility index (Phi) is 5.62. The van der Waals surface area contributed by atoms with Crippen LogP contribution in [-0.2, 0) is 24.4 Å². The molecule has 118 valence electrons. The van der Waals surface area contributed by atoms with Crippen LogP contribution in [0.3, 0.4) is 0 Å². The predicted molar refractivity (Wildman–Crippen MR) is 92.6 cm³/mol. The van der Waals surface area contributed by atoms with E-state index in [2.05, 4.69) is 47.4 Å². The molecule has 0 amide bonds. The van der Waals surface area contributed by atoms with Gasteiger partial charge in [-0.2, -0.15) is 5.06 Å². The molecule has 23 heavy (non-hydrogen) atoms. The van der Waals surface area contributed by atoms with Gasteiger partial charge in [-0.1, -0.05) is 60.7 Å². The van der Waals surface area contributed by atoms with Gasteiger partial charge in [-0.15, -0.1) is 0 Å². The van der Waals surface area contributed by atoms with Crippen LogP contribution < -0.4 is 0 Å². The zero-order valence-corrected chi connectivity index (χ0v) is 13.2. The molecular weight excluding hydrogens is 284 g/mol. The molecule has 3 rings (SSSR count). The van der Waals surface area contributed by atoms with E-state index in [1.165, 1.54) is 11.1 Å². The molecule has 0 saturated heterocycles. The Balaban J connectivity index is 1.58. The first-order chi connectivity index (χ1) is 11.4. The number of nitrogens with zero attached hydrogens (tertiary/aromatic N) is 1. The molecule has 0 aliphatic heterocycles. The maximum absolute atomic E-state index is 6.04. The van der Waals surface area contributed by atoms with Gasteiger partial charge < -0.3 is 4.98 Å². The minimum Gasteiger partial charge on any atom is -0.364 e. The van der Waals surface area contributed by atoms with Crippen LogP contribution in [-0.4, -0.2) is 16.6 Å². The van der Waals surface area contributed by atoms with Gasteiger partial charge >= 0.3 is 0 Å². The van der Waals surface area contributed by atoms with E-state index in [1.807, 2.05) is 41.6 Å². The van der Waals surface area contributed by atoms with E-state index in [-0.39, 0.29) is 0 Å². The van der Waals surface area contributed by atoms with Crippen LogP contribution in [0, 0.1) is 0 Å². The number of nitrogens with one attached hydrogen (secondary N) is 1. The highest BCUT2D eigenvalue weighted by molar-refractivity contribution is 5.15. The van der Waals surface area contributed by atoms with Crippen molar-refractivity contribution < 1.29 is 4.84 Å². The van der Waals surface area contributed by atoms with Crippen LogP contribution in [0.15, 0.2) is 79.0 Å². The average molecular weight is 306 g/mol. The first kappa shape index (κ1) is 15.5. The molecule has 0 radical (unpaired) electrons. The molecule has 0 aliphatic carbocycles. The minimum atomic E-state index is 0.594. The number of hydrogen-bond acceptors (Lipinski definition) is 2. The van der Waals surface area contributed by atoms with Gasteiger partial charge in [0, 0.05) is 18.4 Å². The molecule has 1 heterocycles. The number of aromatic amines is 1. The second kappa shape index (κ2) is 8.32. The molecule has 0 atom stereocenters. The monoisotopic (exact) mass is 306 g/mol. The van der Waals surface area contributed by atoms with Crippen molar-refractivity contribution in [3.8, 4) is 0 Å². The highest BCUT2D eigenvalue weighted by Crippen LogP contribution is 2.09. The van der Waals surface area contributed by atoms with Crippen molar-refractivity contribution in [2.45, 2.75) is 19.6 Å².